The van der Waals surface area contributed by atoms with E-state index in [1.807, 2.05) is 0 Å². The van der Waals surface area contributed by atoms with Crippen LogP contribution >= 0.6 is 0 Å². The summed E-state index contributed by atoms with van der Waals surface area (Å²) in [6.07, 6.45) is 0. The van der Waals surface area contributed by atoms with Crippen LogP contribution in [0.2, 0.25) is 0 Å². The monoisotopic (exact) mass is 672 g/mol. The summed E-state index contributed by atoms with van der Waals surface area (Å²) < 4.78 is 6.62. The van der Waals surface area contributed by atoms with Gasteiger partial charge in [0.2, 0.25) is 0 Å². The molecule has 10 aromatic rings. The van der Waals surface area contributed by atoms with Gasteiger partial charge in [-0.3, -0.25) is 0 Å². The maximum atomic E-state index is 6.62. The second-order valence-corrected chi connectivity index (χ2v) is 13.9. The summed E-state index contributed by atoms with van der Waals surface area (Å²) in [5.74, 6) is 1.79. The van der Waals surface area contributed by atoms with Crippen LogP contribution in [0.25, 0.3) is 98.7 Å². The molecule has 0 saturated heterocycles. The summed E-state index contributed by atoms with van der Waals surface area (Å²) in [6, 6.07) is 70.4. The molecule has 1 aliphatic heterocycles. The average molecular weight is 673 g/mol. The number of hydrogen-bond donors (Lipinski definition) is 0. The third-order valence-corrected chi connectivity index (χ3v) is 11.1. The minimum Gasteiger partial charge on any atom is -0.456 e. The number of fused-ring (bicyclic) bond motifs is 5. The smallest absolute Gasteiger partial charge is 0.135 e. The first-order valence-corrected chi connectivity index (χ1v) is 18.3. The number of benzene rings is 10. The maximum absolute atomic E-state index is 6.62. The van der Waals surface area contributed by atoms with E-state index in [0.717, 1.165) is 22.4 Å². The zero-order valence-electron chi connectivity index (χ0n) is 28.9. The molecule has 0 amide bonds. The molecule has 0 aromatic heterocycles. The van der Waals surface area contributed by atoms with Crippen molar-refractivity contribution in [2.24, 2.45) is 0 Å². The summed E-state index contributed by atoms with van der Waals surface area (Å²) in [6.45, 7) is 0. The lowest BCUT2D eigenvalue weighted by molar-refractivity contribution is 0.487. The fourth-order valence-corrected chi connectivity index (χ4v) is 8.76. The van der Waals surface area contributed by atoms with Gasteiger partial charge >= 0.3 is 0 Å². The van der Waals surface area contributed by atoms with E-state index in [1.165, 1.54) is 87.8 Å². The predicted molar refractivity (Wildman–Crippen MR) is 224 cm³/mol. The fourth-order valence-electron chi connectivity index (χ4n) is 8.76. The zero-order chi connectivity index (χ0) is 34.9. The molecule has 1 heterocycles. The number of ether oxygens (including phenoxy) is 1. The van der Waals surface area contributed by atoms with Crippen LogP contribution in [0.3, 0.4) is 0 Å². The van der Waals surface area contributed by atoms with Gasteiger partial charge < -0.3 is 4.74 Å². The van der Waals surface area contributed by atoms with Gasteiger partial charge in [-0.1, -0.05) is 176 Å². The van der Waals surface area contributed by atoms with E-state index in [0.29, 0.717) is 0 Å². The highest BCUT2D eigenvalue weighted by molar-refractivity contribution is 6.24. The van der Waals surface area contributed by atoms with E-state index in [2.05, 4.69) is 194 Å². The van der Waals surface area contributed by atoms with Crippen molar-refractivity contribution in [1.82, 2.24) is 0 Å². The largest absolute Gasteiger partial charge is 0.456 e. The Morgan fingerprint density at radius 1 is 0.245 bits per heavy atom. The van der Waals surface area contributed by atoms with Gasteiger partial charge in [-0.15, -0.1) is 0 Å². The average Bonchev–Trinajstić information content (AvgIpc) is 3.23. The Morgan fingerprint density at radius 2 is 0.736 bits per heavy atom. The van der Waals surface area contributed by atoms with E-state index in [1.54, 1.807) is 0 Å². The molecule has 1 aliphatic rings. The first kappa shape index (κ1) is 29.7. The lowest BCUT2D eigenvalue weighted by atomic mass is 9.83. The van der Waals surface area contributed by atoms with Crippen molar-refractivity contribution in [3.63, 3.8) is 0 Å². The topological polar surface area (TPSA) is 9.23 Å². The van der Waals surface area contributed by atoms with Crippen molar-refractivity contribution in [1.29, 1.82) is 0 Å². The standard InChI is InChI=1S/C52H32O/c1-3-14-33(15-4-1)35-26-31-48-47(32-35)46-30-28-39(40-24-13-25-49(53-48)52(40)46)38-27-29-45(37-19-8-7-18-36(37)38)51-43-22-11-9-20-41(43)50(34-16-5-2-6-17-34)42-21-10-12-23-44(42)51/h1-32H. The molecule has 0 unspecified atom stereocenters. The molecule has 1 nitrogen and oxygen atoms in total. The molecular formula is C52H32O. The highest BCUT2D eigenvalue weighted by Crippen LogP contribution is 2.51. The van der Waals surface area contributed by atoms with Crippen LogP contribution in [0.4, 0.5) is 0 Å². The summed E-state index contributed by atoms with van der Waals surface area (Å²) in [4.78, 5) is 0. The van der Waals surface area contributed by atoms with Gasteiger partial charge in [-0.25, -0.2) is 0 Å². The third kappa shape index (κ3) is 4.58. The normalized spacial score (nSPS) is 11.9. The van der Waals surface area contributed by atoms with Crippen molar-refractivity contribution in [2.75, 3.05) is 0 Å². The Hall–Kier alpha value is -6.96. The molecule has 1 heteroatoms. The first-order valence-electron chi connectivity index (χ1n) is 18.3. The molecule has 0 atom stereocenters. The van der Waals surface area contributed by atoms with Crippen LogP contribution in [0.5, 0.6) is 11.5 Å². The van der Waals surface area contributed by atoms with Gasteiger partial charge in [0.15, 0.2) is 0 Å². The first-order chi connectivity index (χ1) is 26.3. The minimum absolute atomic E-state index is 0.893. The van der Waals surface area contributed by atoms with E-state index in [-0.39, 0.29) is 0 Å². The molecule has 0 aliphatic carbocycles. The molecule has 11 rings (SSSR count). The van der Waals surface area contributed by atoms with E-state index in [4.69, 9.17) is 4.74 Å². The molecule has 0 N–H and O–H groups in total. The molecule has 0 saturated carbocycles. The van der Waals surface area contributed by atoms with Gasteiger partial charge in [0.25, 0.3) is 0 Å². The molecule has 53 heavy (non-hydrogen) atoms. The Labute approximate surface area is 308 Å². The molecular weight excluding hydrogens is 641 g/mol. The second kappa shape index (κ2) is 11.8. The lowest BCUT2D eigenvalue weighted by Gasteiger charge is -2.24. The van der Waals surface area contributed by atoms with E-state index < -0.39 is 0 Å². The van der Waals surface area contributed by atoms with Crippen LogP contribution in [0, 0.1) is 0 Å². The second-order valence-electron chi connectivity index (χ2n) is 13.9. The van der Waals surface area contributed by atoms with Gasteiger partial charge in [-0.2, -0.15) is 0 Å². The molecule has 0 bridgehead atoms. The van der Waals surface area contributed by atoms with Crippen LogP contribution in [0.15, 0.2) is 194 Å². The van der Waals surface area contributed by atoms with Crippen LogP contribution < -0.4 is 4.74 Å². The van der Waals surface area contributed by atoms with Crippen molar-refractivity contribution in [2.45, 2.75) is 0 Å². The Balaban J connectivity index is 1.14. The lowest BCUT2D eigenvalue weighted by Crippen LogP contribution is -1.98. The summed E-state index contributed by atoms with van der Waals surface area (Å²) in [5, 5.41) is 9.86. The number of hydrogen-bond acceptors (Lipinski definition) is 1. The van der Waals surface area contributed by atoms with Crippen LogP contribution in [-0.4, -0.2) is 0 Å². The molecule has 0 fully saturated rings. The van der Waals surface area contributed by atoms with Crippen molar-refractivity contribution < 1.29 is 4.74 Å². The summed E-state index contributed by atoms with van der Waals surface area (Å²) >= 11 is 0. The quantitative estimate of drug-likeness (QED) is 0.169. The molecule has 0 radical (unpaired) electrons. The minimum atomic E-state index is 0.893. The number of rotatable bonds is 4. The molecule has 10 aromatic carbocycles. The third-order valence-electron chi connectivity index (χ3n) is 11.1. The van der Waals surface area contributed by atoms with Gasteiger partial charge in [0.1, 0.15) is 11.5 Å². The van der Waals surface area contributed by atoms with Crippen molar-refractivity contribution in [3.05, 3.63) is 194 Å². The van der Waals surface area contributed by atoms with Crippen molar-refractivity contribution >= 4 is 43.1 Å². The Morgan fingerprint density at radius 3 is 1.40 bits per heavy atom. The summed E-state index contributed by atoms with van der Waals surface area (Å²) in [7, 11) is 0. The van der Waals surface area contributed by atoms with E-state index >= 15 is 0 Å². The highest BCUT2D eigenvalue weighted by Gasteiger charge is 2.24. The van der Waals surface area contributed by atoms with Gasteiger partial charge in [0.05, 0.1) is 0 Å². The predicted octanol–water partition coefficient (Wildman–Crippen LogP) is 14.7. The van der Waals surface area contributed by atoms with E-state index in [9.17, 15) is 0 Å². The Bertz CT molecular complexity index is 3010. The molecule has 246 valence electrons. The SMILES string of the molecule is c1ccc(-c2ccc3c(c2)-c2ccc(-c4ccc(-c5c6ccccc6c(-c6ccccc6)c6ccccc56)c5ccccc45)c4cccc(c24)O3)cc1. The van der Waals surface area contributed by atoms with Crippen molar-refractivity contribution in [3.8, 4) is 67.1 Å². The van der Waals surface area contributed by atoms with Crippen LogP contribution in [0.1, 0.15) is 0 Å². The van der Waals surface area contributed by atoms with Crippen LogP contribution in [-0.2, 0) is 0 Å². The Kier molecular flexibility index (Phi) is 6.62. The van der Waals surface area contributed by atoms with Gasteiger partial charge in [-0.05, 0) is 106 Å². The zero-order valence-corrected chi connectivity index (χ0v) is 28.9. The fraction of sp³-hybridized carbons (Fsp3) is 0. The summed E-state index contributed by atoms with van der Waals surface area (Å²) in [5.41, 5.74) is 12.2. The molecule has 0 spiro atoms. The maximum Gasteiger partial charge on any atom is 0.135 e. The van der Waals surface area contributed by atoms with Gasteiger partial charge in [0, 0.05) is 10.9 Å². The highest BCUT2D eigenvalue weighted by atomic mass is 16.5.